The van der Waals surface area contributed by atoms with Crippen molar-refractivity contribution < 1.29 is 9.47 Å². The van der Waals surface area contributed by atoms with Crippen LogP contribution in [0, 0.1) is 0 Å². The van der Waals surface area contributed by atoms with Gasteiger partial charge in [-0.15, -0.1) is 0 Å². The minimum absolute atomic E-state index is 0.109. The fourth-order valence-corrected chi connectivity index (χ4v) is 3.03. The number of hydrogen-bond donors (Lipinski definition) is 1. The van der Waals surface area contributed by atoms with E-state index < -0.39 is 0 Å². The van der Waals surface area contributed by atoms with E-state index in [1.54, 1.807) is 0 Å². The first-order valence-electron chi connectivity index (χ1n) is 6.87. The van der Waals surface area contributed by atoms with Crippen molar-refractivity contribution in [1.29, 1.82) is 0 Å². The average Bonchev–Trinajstić information content (AvgIpc) is 2.38. The standard InChI is InChI=1S/C13H26N2O2/c1-16-12-3-10-17-13(11-12)4-8-15(9-5-13)7-2-6-14/h12H,2-11,14H2,1H3. The molecule has 0 aliphatic carbocycles. The molecule has 1 unspecified atom stereocenters. The molecule has 1 atom stereocenters. The number of piperidine rings is 1. The van der Waals surface area contributed by atoms with E-state index in [1.807, 2.05) is 7.11 Å². The maximum Gasteiger partial charge on any atom is 0.0731 e. The Morgan fingerprint density at radius 1 is 1.41 bits per heavy atom. The molecule has 100 valence electrons. The number of hydrogen-bond acceptors (Lipinski definition) is 4. The third kappa shape index (κ3) is 3.41. The highest BCUT2D eigenvalue weighted by Gasteiger charge is 2.40. The predicted molar refractivity (Wildman–Crippen MR) is 68.1 cm³/mol. The molecule has 17 heavy (non-hydrogen) atoms. The molecular weight excluding hydrogens is 216 g/mol. The Morgan fingerprint density at radius 3 is 2.82 bits per heavy atom. The third-order valence-corrected chi connectivity index (χ3v) is 4.23. The lowest BCUT2D eigenvalue weighted by Crippen LogP contribution is -2.50. The number of rotatable bonds is 4. The fraction of sp³-hybridized carbons (Fsp3) is 1.00. The molecule has 2 heterocycles. The summed E-state index contributed by atoms with van der Waals surface area (Å²) in [7, 11) is 1.82. The molecule has 0 bridgehead atoms. The second kappa shape index (κ2) is 6.14. The highest BCUT2D eigenvalue weighted by atomic mass is 16.5. The van der Waals surface area contributed by atoms with Gasteiger partial charge in [0.05, 0.1) is 11.7 Å². The quantitative estimate of drug-likeness (QED) is 0.799. The summed E-state index contributed by atoms with van der Waals surface area (Å²) in [5, 5.41) is 0. The Morgan fingerprint density at radius 2 is 2.18 bits per heavy atom. The summed E-state index contributed by atoms with van der Waals surface area (Å²) >= 11 is 0. The highest BCUT2D eigenvalue weighted by Crippen LogP contribution is 2.35. The SMILES string of the molecule is COC1CCOC2(CCN(CCCN)CC2)C1. The van der Waals surface area contributed by atoms with Gasteiger partial charge in [-0.2, -0.15) is 0 Å². The second-order valence-electron chi connectivity index (χ2n) is 5.37. The summed E-state index contributed by atoms with van der Waals surface area (Å²) < 4.78 is 11.6. The van der Waals surface area contributed by atoms with Crippen molar-refractivity contribution >= 4 is 0 Å². The van der Waals surface area contributed by atoms with E-state index in [2.05, 4.69) is 4.90 Å². The molecular formula is C13H26N2O2. The average molecular weight is 242 g/mol. The van der Waals surface area contributed by atoms with Gasteiger partial charge in [-0.3, -0.25) is 0 Å². The molecule has 0 aromatic heterocycles. The molecule has 0 aromatic rings. The normalized spacial score (nSPS) is 29.6. The van der Waals surface area contributed by atoms with Crippen LogP contribution in [0.2, 0.25) is 0 Å². The Labute approximate surface area is 104 Å². The van der Waals surface area contributed by atoms with Gasteiger partial charge in [0, 0.05) is 33.2 Å². The van der Waals surface area contributed by atoms with Crippen molar-refractivity contribution in [3.05, 3.63) is 0 Å². The maximum atomic E-state index is 6.06. The lowest BCUT2D eigenvalue weighted by molar-refractivity contribution is -0.149. The molecule has 2 fully saturated rings. The van der Waals surface area contributed by atoms with Crippen molar-refractivity contribution in [1.82, 2.24) is 4.90 Å². The first kappa shape index (κ1) is 13.3. The smallest absolute Gasteiger partial charge is 0.0731 e. The Bertz CT molecular complexity index is 227. The Balaban J connectivity index is 1.80. The third-order valence-electron chi connectivity index (χ3n) is 4.23. The van der Waals surface area contributed by atoms with Gasteiger partial charge in [-0.05, 0) is 38.8 Å². The number of methoxy groups -OCH3 is 1. The first-order chi connectivity index (χ1) is 8.28. The molecule has 0 aromatic carbocycles. The van der Waals surface area contributed by atoms with E-state index in [0.29, 0.717) is 6.10 Å². The van der Waals surface area contributed by atoms with Gasteiger partial charge in [0.15, 0.2) is 0 Å². The summed E-state index contributed by atoms with van der Waals surface area (Å²) in [5.41, 5.74) is 5.66. The number of ether oxygens (including phenoxy) is 2. The molecule has 2 aliphatic rings. The molecule has 2 rings (SSSR count). The van der Waals surface area contributed by atoms with Gasteiger partial charge in [-0.1, -0.05) is 0 Å². The van der Waals surface area contributed by atoms with Crippen molar-refractivity contribution in [2.24, 2.45) is 5.73 Å². The van der Waals surface area contributed by atoms with Gasteiger partial charge >= 0.3 is 0 Å². The first-order valence-corrected chi connectivity index (χ1v) is 6.87. The van der Waals surface area contributed by atoms with Crippen LogP contribution in [-0.4, -0.2) is 56.5 Å². The molecule has 2 N–H and O–H groups in total. The summed E-state index contributed by atoms with van der Waals surface area (Å²) in [6.07, 6.45) is 5.94. The van der Waals surface area contributed by atoms with Gasteiger partial charge in [-0.25, -0.2) is 0 Å². The van der Waals surface area contributed by atoms with Crippen molar-refractivity contribution in [3.63, 3.8) is 0 Å². The minimum atomic E-state index is 0.109. The van der Waals surface area contributed by atoms with E-state index in [4.69, 9.17) is 15.2 Å². The second-order valence-corrected chi connectivity index (χ2v) is 5.37. The lowest BCUT2D eigenvalue weighted by Gasteiger charge is -2.45. The van der Waals surface area contributed by atoms with Crippen LogP contribution in [0.25, 0.3) is 0 Å². The van der Waals surface area contributed by atoms with Crippen LogP contribution >= 0.6 is 0 Å². The lowest BCUT2D eigenvalue weighted by atomic mass is 9.83. The molecule has 0 radical (unpaired) electrons. The Kier molecular flexibility index (Phi) is 4.79. The van der Waals surface area contributed by atoms with E-state index in [1.165, 1.54) is 0 Å². The van der Waals surface area contributed by atoms with Crippen LogP contribution in [0.5, 0.6) is 0 Å². The van der Waals surface area contributed by atoms with Crippen molar-refractivity contribution in [2.45, 2.75) is 43.8 Å². The largest absolute Gasteiger partial charge is 0.381 e. The summed E-state index contributed by atoms with van der Waals surface area (Å²) in [6, 6.07) is 0. The number of likely N-dealkylation sites (tertiary alicyclic amines) is 1. The van der Waals surface area contributed by atoms with E-state index in [0.717, 1.165) is 64.9 Å². The highest BCUT2D eigenvalue weighted by molar-refractivity contribution is 4.92. The predicted octanol–water partition coefficient (Wildman–Crippen LogP) is 0.995. The minimum Gasteiger partial charge on any atom is -0.381 e. The molecule has 2 saturated heterocycles. The van der Waals surface area contributed by atoms with E-state index in [-0.39, 0.29) is 5.60 Å². The summed E-state index contributed by atoms with van der Waals surface area (Å²) in [5.74, 6) is 0. The van der Waals surface area contributed by atoms with Crippen LogP contribution in [0.4, 0.5) is 0 Å². The zero-order chi connectivity index (χ0) is 12.1. The van der Waals surface area contributed by atoms with Gasteiger partial charge in [0.1, 0.15) is 0 Å². The van der Waals surface area contributed by atoms with Crippen LogP contribution in [-0.2, 0) is 9.47 Å². The van der Waals surface area contributed by atoms with E-state index in [9.17, 15) is 0 Å². The number of nitrogens with two attached hydrogens (primary N) is 1. The Hall–Kier alpha value is -0.160. The van der Waals surface area contributed by atoms with Crippen LogP contribution in [0.15, 0.2) is 0 Å². The molecule has 4 heteroatoms. The van der Waals surface area contributed by atoms with Gasteiger partial charge in [0.2, 0.25) is 0 Å². The molecule has 0 amide bonds. The fourth-order valence-electron chi connectivity index (χ4n) is 3.03. The zero-order valence-corrected chi connectivity index (χ0v) is 11.0. The topological polar surface area (TPSA) is 47.7 Å². The monoisotopic (exact) mass is 242 g/mol. The number of nitrogens with zero attached hydrogens (tertiary/aromatic N) is 1. The van der Waals surface area contributed by atoms with Crippen LogP contribution in [0.1, 0.15) is 32.1 Å². The van der Waals surface area contributed by atoms with E-state index >= 15 is 0 Å². The zero-order valence-electron chi connectivity index (χ0n) is 11.0. The van der Waals surface area contributed by atoms with Crippen LogP contribution < -0.4 is 5.73 Å². The van der Waals surface area contributed by atoms with Gasteiger partial charge < -0.3 is 20.1 Å². The molecule has 4 nitrogen and oxygen atoms in total. The van der Waals surface area contributed by atoms with Crippen molar-refractivity contribution in [3.8, 4) is 0 Å². The summed E-state index contributed by atoms with van der Waals surface area (Å²) in [6.45, 7) is 5.10. The molecule has 1 spiro atoms. The molecule has 0 saturated carbocycles. The molecule has 2 aliphatic heterocycles. The summed E-state index contributed by atoms with van der Waals surface area (Å²) in [4.78, 5) is 2.51. The van der Waals surface area contributed by atoms with Crippen LogP contribution in [0.3, 0.4) is 0 Å². The maximum absolute atomic E-state index is 6.06. The van der Waals surface area contributed by atoms with Crippen molar-refractivity contribution in [2.75, 3.05) is 39.9 Å². The van der Waals surface area contributed by atoms with Gasteiger partial charge in [0.25, 0.3) is 0 Å².